The van der Waals surface area contributed by atoms with E-state index in [1.165, 1.54) is 19.3 Å². The molecule has 3 heterocycles. The Balaban J connectivity index is 1.82. The third-order valence-corrected chi connectivity index (χ3v) is 6.41. The summed E-state index contributed by atoms with van der Waals surface area (Å²) in [5.74, 6) is 1.37. The van der Waals surface area contributed by atoms with Crippen LogP contribution in [0.25, 0.3) is 10.8 Å². The van der Waals surface area contributed by atoms with Gasteiger partial charge in [-0.15, -0.1) is 11.3 Å². The lowest BCUT2D eigenvalue weighted by Gasteiger charge is -2.09. The van der Waals surface area contributed by atoms with Crippen LogP contribution in [0.4, 0.5) is 0 Å². The summed E-state index contributed by atoms with van der Waals surface area (Å²) in [6.45, 7) is 1.03. The smallest absolute Gasteiger partial charge is 0.268 e. The Labute approximate surface area is 132 Å². The first-order chi connectivity index (χ1) is 9.24. The second-order valence-electron chi connectivity index (χ2n) is 4.55. The average molecular weight is 407 g/mol. The highest BCUT2D eigenvalue weighted by atomic mass is 79.9. The van der Waals surface area contributed by atoms with E-state index in [2.05, 4.69) is 47.3 Å². The molecule has 7 heteroatoms. The summed E-state index contributed by atoms with van der Waals surface area (Å²) in [6.07, 6.45) is 4.81. The fourth-order valence-corrected chi connectivity index (χ4v) is 4.13. The topological polar surface area (TPSA) is 51.0 Å². The molecule has 102 valence electrons. The van der Waals surface area contributed by atoms with Crippen molar-refractivity contribution >= 4 is 43.2 Å². The average Bonchev–Trinajstić information content (AvgIpc) is 2.90. The van der Waals surface area contributed by atoms with Gasteiger partial charge in [0, 0.05) is 4.47 Å². The fraction of sp³-hybridized carbons (Fsp3) is 0.500. The van der Waals surface area contributed by atoms with Crippen LogP contribution in [0.3, 0.4) is 0 Å². The van der Waals surface area contributed by atoms with E-state index in [9.17, 15) is 0 Å². The van der Waals surface area contributed by atoms with E-state index in [0.717, 1.165) is 31.9 Å². The van der Waals surface area contributed by atoms with Crippen molar-refractivity contribution in [3.8, 4) is 10.8 Å². The second kappa shape index (κ2) is 6.03. The van der Waals surface area contributed by atoms with Crippen LogP contribution in [-0.4, -0.2) is 16.7 Å². The molecule has 2 aromatic heterocycles. The molecular formula is C12H13Br2N3OS. The maximum absolute atomic E-state index is 5.38. The summed E-state index contributed by atoms with van der Waals surface area (Å²) in [5.41, 5.74) is 0. The van der Waals surface area contributed by atoms with E-state index >= 15 is 0 Å². The van der Waals surface area contributed by atoms with Gasteiger partial charge in [-0.25, -0.2) is 0 Å². The molecule has 1 N–H and O–H groups in total. The highest BCUT2D eigenvalue weighted by molar-refractivity contribution is 9.13. The minimum absolute atomic E-state index is 0.229. The van der Waals surface area contributed by atoms with Gasteiger partial charge >= 0.3 is 0 Å². The molecule has 0 aromatic carbocycles. The van der Waals surface area contributed by atoms with Gasteiger partial charge in [-0.2, -0.15) is 4.98 Å². The minimum Gasteiger partial charge on any atom is -0.333 e. The molecule has 1 aliphatic heterocycles. The zero-order valence-electron chi connectivity index (χ0n) is 10.2. The van der Waals surface area contributed by atoms with E-state index in [4.69, 9.17) is 4.52 Å². The molecule has 1 aliphatic rings. The van der Waals surface area contributed by atoms with Crippen molar-refractivity contribution in [1.82, 2.24) is 15.5 Å². The molecule has 0 bridgehead atoms. The number of aromatic nitrogens is 2. The van der Waals surface area contributed by atoms with Crippen LogP contribution in [0.1, 0.15) is 37.5 Å². The van der Waals surface area contributed by atoms with Crippen LogP contribution in [0.2, 0.25) is 0 Å². The van der Waals surface area contributed by atoms with Crippen molar-refractivity contribution < 1.29 is 4.52 Å². The zero-order valence-corrected chi connectivity index (χ0v) is 14.1. The first-order valence-electron chi connectivity index (χ1n) is 6.26. The monoisotopic (exact) mass is 405 g/mol. The third kappa shape index (κ3) is 3.09. The molecule has 0 aliphatic carbocycles. The fourth-order valence-electron chi connectivity index (χ4n) is 2.18. The molecule has 2 aromatic rings. The lowest BCUT2D eigenvalue weighted by Crippen LogP contribution is -2.21. The van der Waals surface area contributed by atoms with Gasteiger partial charge in [-0.3, -0.25) is 0 Å². The predicted molar refractivity (Wildman–Crippen MR) is 82.2 cm³/mol. The van der Waals surface area contributed by atoms with Crippen LogP contribution >= 0.6 is 43.2 Å². The molecular weight excluding hydrogens is 394 g/mol. The quantitative estimate of drug-likeness (QED) is 0.795. The first kappa shape index (κ1) is 13.7. The standard InChI is InChI=1S/C12H13Br2N3OS/c13-7-6-9(19-10(7)14)12-16-11(17-18-12)8-4-2-1-3-5-15-8/h6,8,15H,1-5H2. The molecule has 19 heavy (non-hydrogen) atoms. The summed E-state index contributed by atoms with van der Waals surface area (Å²) < 4.78 is 7.43. The van der Waals surface area contributed by atoms with Crippen molar-refractivity contribution in [1.29, 1.82) is 0 Å². The van der Waals surface area contributed by atoms with Gasteiger partial charge in [-0.1, -0.05) is 18.0 Å². The summed E-state index contributed by atoms with van der Waals surface area (Å²) in [5, 5.41) is 7.60. The second-order valence-corrected chi connectivity index (χ2v) is 7.77. The lowest BCUT2D eigenvalue weighted by molar-refractivity contribution is 0.403. The number of thiophene rings is 1. The summed E-state index contributed by atoms with van der Waals surface area (Å²) in [4.78, 5) is 5.51. The van der Waals surface area contributed by atoms with Crippen molar-refractivity contribution in [2.24, 2.45) is 0 Å². The van der Waals surface area contributed by atoms with Crippen molar-refractivity contribution in [2.75, 3.05) is 6.54 Å². The van der Waals surface area contributed by atoms with Gasteiger partial charge in [0.2, 0.25) is 0 Å². The van der Waals surface area contributed by atoms with Gasteiger partial charge in [-0.05, 0) is 57.3 Å². The highest BCUT2D eigenvalue weighted by Crippen LogP contribution is 2.37. The Bertz CT molecular complexity index is 542. The van der Waals surface area contributed by atoms with Crippen LogP contribution in [0, 0.1) is 0 Å². The van der Waals surface area contributed by atoms with Crippen LogP contribution in [-0.2, 0) is 0 Å². The van der Waals surface area contributed by atoms with Gasteiger partial charge in [0.1, 0.15) is 0 Å². The molecule has 0 amide bonds. The van der Waals surface area contributed by atoms with Crippen molar-refractivity contribution in [3.63, 3.8) is 0 Å². The Morgan fingerprint density at radius 3 is 3.00 bits per heavy atom. The number of nitrogens with one attached hydrogen (secondary N) is 1. The molecule has 0 spiro atoms. The number of nitrogens with zero attached hydrogens (tertiary/aromatic N) is 2. The van der Waals surface area contributed by atoms with Gasteiger partial charge in [0.05, 0.1) is 14.7 Å². The molecule has 0 saturated carbocycles. The van der Waals surface area contributed by atoms with Crippen molar-refractivity contribution in [2.45, 2.75) is 31.7 Å². The number of hydrogen-bond acceptors (Lipinski definition) is 5. The summed E-state index contributed by atoms with van der Waals surface area (Å²) in [7, 11) is 0. The lowest BCUT2D eigenvalue weighted by atomic mass is 10.1. The summed E-state index contributed by atoms with van der Waals surface area (Å²) >= 11 is 8.53. The highest BCUT2D eigenvalue weighted by Gasteiger charge is 2.21. The largest absolute Gasteiger partial charge is 0.333 e. The zero-order chi connectivity index (χ0) is 13.2. The Hall–Kier alpha value is -0.240. The number of rotatable bonds is 2. The number of hydrogen-bond donors (Lipinski definition) is 1. The van der Waals surface area contributed by atoms with E-state index in [-0.39, 0.29) is 6.04 Å². The van der Waals surface area contributed by atoms with Crippen LogP contribution < -0.4 is 5.32 Å². The van der Waals surface area contributed by atoms with E-state index in [1.54, 1.807) is 11.3 Å². The Kier molecular flexibility index (Phi) is 4.36. The Morgan fingerprint density at radius 1 is 1.32 bits per heavy atom. The minimum atomic E-state index is 0.229. The van der Waals surface area contributed by atoms with E-state index < -0.39 is 0 Å². The van der Waals surface area contributed by atoms with E-state index in [0.29, 0.717) is 5.89 Å². The van der Waals surface area contributed by atoms with E-state index in [1.807, 2.05) is 6.07 Å². The molecule has 1 fully saturated rings. The normalized spacial score (nSPS) is 20.4. The maximum atomic E-state index is 5.38. The molecule has 4 nitrogen and oxygen atoms in total. The van der Waals surface area contributed by atoms with Gasteiger partial charge in [0.15, 0.2) is 5.82 Å². The third-order valence-electron chi connectivity index (χ3n) is 3.17. The molecule has 3 rings (SSSR count). The van der Waals surface area contributed by atoms with Crippen molar-refractivity contribution in [3.05, 3.63) is 20.1 Å². The number of halogens is 2. The molecule has 1 saturated heterocycles. The van der Waals surface area contributed by atoms with Crippen LogP contribution in [0.15, 0.2) is 18.8 Å². The molecule has 0 radical (unpaired) electrons. The Morgan fingerprint density at radius 2 is 2.21 bits per heavy atom. The summed E-state index contributed by atoms with van der Waals surface area (Å²) in [6, 6.07) is 2.22. The van der Waals surface area contributed by atoms with Gasteiger partial charge in [0.25, 0.3) is 5.89 Å². The van der Waals surface area contributed by atoms with Gasteiger partial charge < -0.3 is 9.84 Å². The molecule has 1 atom stereocenters. The maximum Gasteiger partial charge on any atom is 0.268 e. The van der Waals surface area contributed by atoms with Crippen LogP contribution in [0.5, 0.6) is 0 Å². The SMILES string of the molecule is Brc1cc(-c2nc(C3CCCCCN3)no2)sc1Br. The first-order valence-corrected chi connectivity index (χ1v) is 8.66. The molecule has 1 unspecified atom stereocenters. The predicted octanol–water partition coefficient (Wildman–Crippen LogP) is 4.53.